The molecule has 5 nitrogen and oxygen atoms in total. The van der Waals surface area contributed by atoms with Crippen LogP contribution >= 0.6 is 23.0 Å². The van der Waals surface area contributed by atoms with E-state index in [2.05, 4.69) is 32.0 Å². The molecule has 1 aromatic rings. The Balaban J connectivity index is 1.60. The summed E-state index contributed by atoms with van der Waals surface area (Å²) in [6.07, 6.45) is 3.19. The highest BCUT2D eigenvalue weighted by Gasteiger charge is 2.93. The Labute approximate surface area is 196 Å². The molecule has 0 bridgehead atoms. The zero-order chi connectivity index (χ0) is 22.0. The van der Waals surface area contributed by atoms with Crippen LogP contribution < -0.4 is 5.73 Å². The van der Waals surface area contributed by atoms with Crippen molar-refractivity contribution in [3.05, 3.63) is 34.9 Å². The zero-order valence-corrected chi connectivity index (χ0v) is 20.2. The molecule has 1 aromatic carbocycles. The van der Waals surface area contributed by atoms with E-state index in [1.165, 1.54) is 21.6 Å². The number of nitrogens with zero attached hydrogens (tertiary/aromatic N) is 2. The van der Waals surface area contributed by atoms with Crippen LogP contribution in [0.15, 0.2) is 23.2 Å². The maximum Gasteiger partial charge on any atom is 0.256 e. The lowest BCUT2D eigenvalue weighted by molar-refractivity contribution is -0.0820. The predicted octanol–water partition coefficient (Wildman–Crippen LogP) is 4.55. The van der Waals surface area contributed by atoms with Gasteiger partial charge in [0.1, 0.15) is 40.9 Å². The summed E-state index contributed by atoms with van der Waals surface area (Å²) in [6, 6.07) is 6.75. The molecule has 4 aliphatic rings. The average molecular weight is 545 g/mol. The summed E-state index contributed by atoms with van der Waals surface area (Å²) in [4.78, 5) is 6.43. The molecule has 0 amide bonds. The number of aliphatic imine (C=N–C) groups is 1. The van der Waals surface area contributed by atoms with Gasteiger partial charge in [-0.2, -0.15) is 0 Å². The number of fused-ring (bicyclic) bond motifs is 1. The number of alkyl halides is 2. The largest absolute Gasteiger partial charge is 0.370 e. The molecule has 2 N–H and O–H groups in total. The van der Waals surface area contributed by atoms with Crippen molar-refractivity contribution in [2.45, 2.75) is 76.0 Å². The van der Waals surface area contributed by atoms with Crippen molar-refractivity contribution in [1.29, 1.82) is 0 Å². The number of halogens is 3. The van der Waals surface area contributed by atoms with Gasteiger partial charge in [0.15, 0.2) is 5.96 Å². The van der Waals surface area contributed by atoms with Crippen LogP contribution in [-0.2, 0) is 26.2 Å². The minimum atomic E-state index is -2.50. The molecular weight excluding hydrogens is 515 g/mol. The van der Waals surface area contributed by atoms with E-state index in [0.29, 0.717) is 12.3 Å². The normalized spacial score (nSPS) is 35.9. The second kappa shape index (κ2) is 7.52. The third kappa shape index (κ3) is 2.93. The molecule has 2 saturated carbocycles. The number of guanidine groups is 1. The third-order valence-corrected chi connectivity index (χ3v) is 8.74. The first-order chi connectivity index (χ1) is 14.8. The molecule has 0 saturated heterocycles. The van der Waals surface area contributed by atoms with Crippen molar-refractivity contribution in [3.63, 3.8) is 0 Å². The van der Waals surface area contributed by atoms with Gasteiger partial charge in [0.05, 0.1) is 12.6 Å². The average Bonchev–Trinajstić information content (AvgIpc) is 3.14. The molecule has 5 rings (SSSR count). The van der Waals surface area contributed by atoms with Crippen molar-refractivity contribution < 1.29 is 16.6 Å². The van der Waals surface area contributed by atoms with Gasteiger partial charge >= 0.3 is 0 Å². The van der Waals surface area contributed by atoms with E-state index in [9.17, 15) is 8.78 Å². The first-order valence-corrected chi connectivity index (χ1v) is 12.1. The maximum absolute atomic E-state index is 13.2. The molecule has 2 unspecified atom stereocenters. The minimum absolute atomic E-state index is 0.0412. The van der Waals surface area contributed by atoms with Crippen LogP contribution in [0, 0.1) is 11.3 Å². The van der Waals surface area contributed by atoms with Gasteiger partial charge in [0.25, 0.3) is 6.43 Å². The molecule has 4 atom stereocenters. The van der Waals surface area contributed by atoms with Gasteiger partial charge in [-0.1, -0.05) is 32.0 Å². The number of aryl methyl sites for hydroxylation is 1. The van der Waals surface area contributed by atoms with E-state index >= 15 is 0 Å². The molecule has 0 radical (unpaired) electrons. The summed E-state index contributed by atoms with van der Waals surface area (Å²) in [5.74, 6) is 0.797. The van der Waals surface area contributed by atoms with Gasteiger partial charge in [-0.05, 0) is 54.7 Å². The molecule has 8 heteroatoms. The third-order valence-electron chi connectivity index (χ3n) is 8.02. The zero-order valence-electron chi connectivity index (χ0n) is 18.0. The van der Waals surface area contributed by atoms with Crippen molar-refractivity contribution in [1.82, 2.24) is 4.90 Å². The molecule has 0 aromatic heterocycles. The van der Waals surface area contributed by atoms with Gasteiger partial charge in [0.2, 0.25) is 0 Å². The Morgan fingerprint density at radius 3 is 2.90 bits per heavy atom. The molecular formula is C23H30F2IN3O2. The number of rotatable bonds is 6. The Bertz CT molecular complexity index is 913. The number of nitrogens with two attached hydrogens (primary N) is 1. The fourth-order valence-electron chi connectivity index (χ4n) is 6.60. The Morgan fingerprint density at radius 2 is 2.19 bits per heavy atom. The van der Waals surface area contributed by atoms with E-state index in [-0.39, 0.29) is 24.2 Å². The number of hydrogen-bond donors (Lipinski definition) is 1. The summed E-state index contributed by atoms with van der Waals surface area (Å²) < 4.78 is 38.6. The Hall–Kier alpha value is -1.00. The smallest absolute Gasteiger partial charge is 0.256 e. The lowest BCUT2D eigenvalue weighted by atomic mass is 9.81. The Kier molecular flexibility index (Phi) is 5.29. The molecule has 3 aliphatic carbocycles. The maximum atomic E-state index is 13.2. The number of benzene rings is 1. The van der Waals surface area contributed by atoms with Crippen molar-refractivity contribution >= 4 is 29.0 Å². The van der Waals surface area contributed by atoms with Crippen LogP contribution in [0.3, 0.4) is 0 Å². The van der Waals surface area contributed by atoms with Crippen molar-refractivity contribution in [3.8, 4) is 0 Å². The van der Waals surface area contributed by atoms with E-state index < -0.39 is 24.1 Å². The highest BCUT2D eigenvalue weighted by Crippen LogP contribution is 2.85. The Morgan fingerprint density at radius 1 is 1.39 bits per heavy atom. The van der Waals surface area contributed by atoms with Gasteiger partial charge in [-0.15, -0.1) is 0 Å². The van der Waals surface area contributed by atoms with Gasteiger partial charge < -0.3 is 18.4 Å². The molecule has 1 heterocycles. The van der Waals surface area contributed by atoms with Crippen LogP contribution in [-0.4, -0.2) is 42.3 Å². The fraction of sp³-hybridized carbons (Fsp3) is 0.696. The van der Waals surface area contributed by atoms with Crippen molar-refractivity contribution in [2.75, 3.05) is 13.3 Å². The van der Waals surface area contributed by atoms with E-state index in [4.69, 9.17) is 18.5 Å². The van der Waals surface area contributed by atoms with Crippen LogP contribution in [0.25, 0.3) is 0 Å². The molecule has 3 spiro atoms. The lowest BCUT2D eigenvalue weighted by Crippen LogP contribution is -2.44. The second-order valence-corrected chi connectivity index (χ2v) is 10.5. The summed E-state index contributed by atoms with van der Waals surface area (Å²) in [5.41, 5.74) is 8.80. The molecule has 1 aliphatic heterocycles. The van der Waals surface area contributed by atoms with Crippen LogP contribution in [0.2, 0.25) is 0 Å². The van der Waals surface area contributed by atoms with E-state index in [1.54, 1.807) is 0 Å². The van der Waals surface area contributed by atoms with Gasteiger partial charge in [-0.25, -0.2) is 13.8 Å². The predicted molar refractivity (Wildman–Crippen MR) is 123 cm³/mol. The number of ether oxygens (including phenoxy) is 1. The van der Waals surface area contributed by atoms with Crippen LogP contribution in [0.4, 0.5) is 8.78 Å². The van der Waals surface area contributed by atoms with Crippen molar-refractivity contribution in [2.24, 2.45) is 22.1 Å². The summed E-state index contributed by atoms with van der Waals surface area (Å²) in [5, 5.41) is 0. The standard InChI is InChI=1S/C23H30F2IN3O2/c1-14(2)3-4-15-5-6-16-10-21-8-7-17(31-26)11-22(21)23(21,18(16)9-15)28-20(27)29(13-30-22)12-19(24)25/h5-6,9,14,17,19H,3-4,7-8,10-13H2,1-2H3,(H2,27,28)/t17-,21-,22?,23?/m0/s1. The highest BCUT2D eigenvalue weighted by atomic mass is 127. The first kappa shape index (κ1) is 21.8. The fourth-order valence-corrected chi connectivity index (χ4v) is 7.03. The molecule has 170 valence electrons. The monoisotopic (exact) mass is 545 g/mol. The second-order valence-electron chi connectivity index (χ2n) is 10.0. The topological polar surface area (TPSA) is 60.1 Å². The summed E-state index contributed by atoms with van der Waals surface area (Å²) >= 11 is 1.97. The minimum Gasteiger partial charge on any atom is -0.370 e. The summed E-state index contributed by atoms with van der Waals surface area (Å²) in [6.45, 7) is 4.04. The SMILES string of the molecule is CC(C)CCc1ccc2c(c1)C13N=C(N)N(CC(F)F)COC14C[C@@H](OI)CC[C@]43C2. The quantitative estimate of drug-likeness (QED) is 0.533. The summed E-state index contributed by atoms with van der Waals surface area (Å²) in [7, 11) is 0. The highest BCUT2D eigenvalue weighted by molar-refractivity contribution is 14.1. The first-order valence-electron chi connectivity index (χ1n) is 11.2. The van der Waals surface area contributed by atoms with E-state index in [1.807, 2.05) is 23.0 Å². The number of hydrogen-bond acceptors (Lipinski definition) is 5. The molecule has 31 heavy (non-hydrogen) atoms. The van der Waals surface area contributed by atoms with Gasteiger partial charge in [-0.3, -0.25) is 0 Å². The molecule has 2 fully saturated rings. The van der Waals surface area contributed by atoms with Gasteiger partial charge in [0, 0.05) is 11.8 Å². The lowest BCUT2D eigenvalue weighted by Gasteiger charge is -2.35. The van der Waals surface area contributed by atoms with Crippen LogP contribution in [0.5, 0.6) is 0 Å². The van der Waals surface area contributed by atoms with Crippen LogP contribution in [0.1, 0.15) is 56.2 Å². The van der Waals surface area contributed by atoms with E-state index in [0.717, 1.165) is 32.1 Å².